The summed E-state index contributed by atoms with van der Waals surface area (Å²) in [5, 5.41) is 10.6. The van der Waals surface area contributed by atoms with Gasteiger partial charge in [0.05, 0.1) is 18.3 Å². The van der Waals surface area contributed by atoms with Gasteiger partial charge in [-0.25, -0.2) is 0 Å². The monoisotopic (exact) mass is 290 g/mol. The van der Waals surface area contributed by atoms with Gasteiger partial charge in [0.2, 0.25) is 0 Å². The van der Waals surface area contributed by atoms with E-state index in [4.69, 9.17) is 4.74 Å². The van der Waals surface area contributed by atoms with Crippen LogP contribution in [-0.2, 0) is 16.6 Å². The van der Waals surface area contributed by atoms with Crippen molar-refractivity contribution in [1.29, 1.82) is 0 Å². The van der Waals surface area contributed by atoms with Gasteiger partial charge >= 0.3 is 0 Å². The van der Waals surface area contributed by atoms with Crippen molar-refractivity contribution in [3.05, 3.63) is 35.4 Å². The van der Waals surface area contributed by atoms with Gasteiger partial charge < -0.3 is 9.84 Å². The van der Waals surface area contributed by atoms with Crippen LogP contribution in [0.2, 0.25) is 0 Å². The Kier molecular flexibility index (Phi) is 4.79. The molecular formula is C19H30O2. The maximum absolute atomic E-state index is 10.6. The Morgan fingerprint density at radius 2 is 1.62 bits per heavy atom. The largest absolute Gasteiger partial charge is 0.392 e. The van der Waals surface area contributed by atoms with Gasteiger partial charge in [-0.1, -0.05) is 52.0 Å². The summed E-state index contributed by atoms with van der Waals surface area (Å²) in [7, 11) is 0. The Hall–Kier alpha value is -0.860. The zero-order chi connectivity index (χ0) is 15.8. The molecule has 1 N–H and O–H groups in total. The van der Waals surface area contributed by atoms with Gasteiger partial charge in [0, 0.05) is 5.92 Å². The van der Waals surface area contributed by atoms with E-state index < -0.39 is 0 Å². The minimum atomic E-state index is -0.333. The van der Waals surface area contributed by atoms with E-state index in [0.29, 0.717) is 12.3 Å². The number of rotatable bonds is 3. The average molecular weight is 290 g/mol. The van der Waals surface area contributed by atoms with E-state index in [1.54, 1.807) is 0 Å². The fraction of sp³-hybridized carbons (Fsp3) is 0.684. The molecule has 0 radical (unpaired) electrons. The van der Waals surface area contributed by atoms with Crippen molar-refractivity contribution in [3.8, 4) is 0 Å². The molecule has 1 aromatic rings. The number of hydrogen-bond acceptors (Lipinski definition) is 2. The van der Waals surface area contributed by atoms with Crippen LogP contribution in [-0.4, -0.2) is 23.4 Å². The molecule has 0 aromatic heterocycles. The average Bonchev–Trinajstić information content (AvgIpc) is 2.62. The van der Waals surface area contributed by atoms with Crippen molar-refractivity contribution in [2.24, 2.45) is 11.8 Å². The van der Waals surface area contributed by atoms with E-state index in [-0.39, 0.29) is 29.6 Å². The molecule has 5 unspecified atom stereocenters. The molecule has 21 heavy (non-hydrogen) atoms. The molecule has 1 aliphatic rings. The first kappa shape index (κ1) is 16.5. The highest BCUT2D eigenvalue weighted by atomic mass is 16.5. The molecule has 0 amide bonds. The normalized spacial score (nSPS) is 31.4. The summed E-state index contributed by atoms with van der Waals surface area (Å²) in [6.07, 6.45) is 0.752. The quantitative estimate of drug-likeness (QED) is 0.913. The molecule has 0 aliphatic carbocycles. The van der Waals surface area contributed by atoms with Crippen LogP contribution < -0.4 is 0 Å². The molecule has 2 nitrogen and oxygen atoms in total. The summed E-state index contributed by atoms with van der Waals surface area (Å²) in [4.78, 5) is 0. The number of ether oxygens (including phenoxy) is 1. The van der Waals surface area contributed by atoms with E-state index in [1.165, 1.54) is 11.1 Å². The van der Waals surface area contributed by atoms with Crippen molar-refractivity contribution >= 4 is 0 Å². The lowest BCUT2D eigenvalue weighted by atomic mass is 9.82. The smallest absolute Gasteiger partial charge is 0.0636 e. The first-order valence-corrected chi connectivity index (χ1v) is 8.13. The first-order valence-electron chi connectivity index (χ1n) is 8.13. The molecular weight excluding hydrogens is 260 g/mol. The molecule has 1 aliphatic heterocycles. The van der Waals surface area contributed by atoms with E-state index in [2.05, 4.69) is 65.8 Å². The lowest BCUT2D eigenvalue weighted by Crippen LogP contribution is -2.32. The van der Waals surface area contributed by atoms with Crippen molar-refractivity contribution < 1.29 is 9.84 Å². The van der Waals surface area contributed by atoms with Gasteiger partial charge in [-0.15, -0.1) is 0 Å². The summed E-state index contributed by atoms with van der Waals surface area (Å²) < 4.78 is 5.85. The van der Waals surface area contributed by atoms with E-state index in [0.717, 1.165) is 0 Å². The number of aliphatic hydroxyl groups excluding tert-OH is 1. The second kappa shape index (κ2) is 6.10. The third-order valence-electron chi connectivity index (χ3n) is 5.03. The second-order valence-corrected chi connectivity index (χ2v) is 7.70. The summed E-state index contributed by atoms with van der Waals surface area (Å²) in [5.74, 6) is 0.631. The topological polar surface area (TPSA) is 29.5 Å². The Balaban J connectivity index is 2.04. The molecule has 118 valence electrons. The first-order chi connectivity index (χ1) is 9.70. The van der Waals surface area contributed by atoms with Crippen LogP contribution >= 0.6 is 0 Å². The minimum absolute atomic E-state index is 0.138. The fourth-order valence-corrected chi connectivity index (χ4v) is 3.48. The highest BCUT2D eigenvalue weighted by molar-refractivity contribution is 5.28. The number of aliphatic hydroxyl groups is 1. The molecule has 1 heterocycles. The van der Waals surface area contributed by atoms with Gasteiger partial charge in [-0.2, -0.15) is 0 Å². The second-order valence-electron chi connectivity index (χ2n) is 7.70. The van der Waals surface area contributed by atoms with E-state index in [1.807, 2.05) is 0 Å². The molecule has 0 spiro atoms. The van der Waals surface area contributed by atoms with Gasteiger partial charge in [0.25, 0.3) is 0 Å². The van der Waals surface area contributed by atoms with Gasteiger partial charge in [0.15, 0.2) is 0 Å². The lowest BCUT2D eigenvalue weighted by molar-refractivity contribution is 0.0240. The lowest BCUT2D eigenvalue weighted by Gasteiger charge is -2.25. The molecule has 0 bridgehead atoms. The predicted molar refractivity (Wildman–Crippen MR) is 87.5 cm³/mol. The van der Waals surface area contributed by atoms with Crippen LogP contribution in [0.1, 0.15) is 52.7 Å². The van der Waals surface area contributed by atoms with Crippen LogP contribution in [0.4, 0.5) is 0 Å². The summed E-state index contributed by atoms with van der Waals surface area (Å²) in [6.45, 7) is 13.0. The Bertz CT molecular complexity index is 457. The summed E-state index contributed by atoms with van der Waals surface area (Å²) >= 11 is 0. The van der Waals surface area contributed by atoms with Crippen LogP contribution in [0.15, 0.2) is 24.3 Å². The predicted octanol–water partition coefficient (Wildman–Crippen LogP) is 3.95. The Morgan fingerprint density at radius 1 is 1.05 bits per heavy atom. The summed E-state index contributed by atoms with van der Waals surface area (Å²) in [5.41, 5.74) is 2.71. The highest BCUT2D eigenvalue weighted by Crippen LogP contribution is 2.35. The Morgan fingerprint density at radius 3 is 2.05 bits per heavy atom. The van der Waals surface area contributed by atoms with Gasteiger partial charge in [-0.05, 0) is 42.7 Å². The van der Waals surface area contributed by atoms with Crippen LogP contribution in [0.25, 0.3) is 0 Å². The van der Waals surface area contributed by atoms with Crippen molar-refractivity contribution in [2.45, 2.75) is 71.7 Å². The van der Waals surface area contributed by atoms with Crippen molar-refractivity contribution in [2.75, 3.05) is 0 Å². The van der Waals surface area contributed by atoms with Gasteiger partial charge in [-0.3, -0.25) is 0 Å². The van der Waals surface area contributed by atoms with Crippen LogP contribution in [0, 0.1) is 11.8 Å². The molecule has 1 fully saturated rings. The van der Waals surface area contributed by atoms with Crippen LogP contribution in [0.5, 0.6) is 0 Å². The van der Waals surface area contributed by atoms with Crippen molar-refractivity contribution in [1.82, 2.24) is 0 Å². The molecule has 1 saturated heterocycles. The van der Waals surface area contributed by atoms with Crippen molar-refractivity contribution in [3.63, 3.8) is 0 Å². The number of benzene rings is 1. The van der Waals surface area contributed by atoms with E-state index >= 15 is 0 Å². The standard InChI is InChI=1S/C19H30O2/c1-12-13(2)21-14(3)18(12)17(20)11-15-7-9-16(10-8-15)19(4,5)6/h7-10,12-14,17-18,20H,11H2,1-6H3. The number of hydrogen-bond donors (Lipinski definition) is 1. The maximum Gasteiger partial charge on any atom is 0.0636 e. The summed E-state index contributed by atoms with van der Waals surface area (Å²) in [6, 6.07) is 8.67. The molecule has 1 aromatic carbocycles. The fourth-order valence-electron chi connectivity index (χ4n) is 3.48. The molecule has 2 heteroatoms. The third-order valence-corrected chi connectivity index (χ3v) is 5.03. The zero-order valence-corrected chi connectivity index (χ0v) is 14.3. The SMILES string of the molecule is CC1OC(C)C(C(O)Cc2ccc(C(C)(C)C)cc2)C1C. The molecule has 2 rings (SSSR count). The van der Waals surface area contributed by atoms with Crippen LogP contribution in [0.3, 0.4) is 0 Å². The van der Waals surface area contributed by atoms with Gasteiger partial charge in [0.1, 0.15) is 0 Å². The molecule has 5 atom stereocenters. The van der Waals surface area contributed by atoms with E-state index in [9.17, 15) is 5.11 Å². The minimum Gasteiger partial charge on any atom is -0.392 e. The highest BCUT2D eigenvalue weighted by Gasteiger charge is 2.40. The zero-order valence-electron chi connectivity index (χ0n) is 14.3. The maximum atomic E-state index is 10.6. The Labute approximate surface area is 129 Å². The third kappa shape index (κ3) is 3.67. The molecule has 0 saturated carbocycles.